The molecule has 0 aliphatic rings. The number of carbonyl (C=O) groups excluding carboxylic acids is 1. The fourth-order valence-corrected chi connectivity index (χ4v) is 0.692. The lowest BCUT2D eigenvalue weighted by Gasteiger charge is -2.02. The third-order valence-corrected chi connectivity index (χ3v) is 1.23. The maximum absolute atomic E-state index is 11.2. The molecule has 2 N–H and O–H groups in total. The van der Waals surface area contributed by atoms with E-state index >= 15 is 0 Å². The molecule has 0 saturated heterocycles. The summed E-state index contributed by atoms with van der Waals surface area (Å²) < 4.78 is 0. The van der Waals surface area contributed by atoms with Crippen LogP contribution < -0.4 is 10.9 Å². The van der Waals surface area contributed by atoms with Gasteiger partial charge in [0, 0.05) is 24.2 Å². The third-order valence-electron chi connectivity index (χ3n) is 1.23. The number of hydrogen-bond donors (Lipinski definition) is 2. The average molecular weight is 163 g/mol. The van der Waals surface area contributed by atoms with Crippen LogP contribution in [0.15, 0.2) is 37.3 Å². The van der Waals surface area contributed by atoms with Crippen LogP contribution in [0.4, 0.5) is 0 Å². The Balaban J connectivity index is 2.59. The third kappa shape index (κ3) is 2.09. The van der Waals surface area contributed by atoms with Crippen molar-refractivity contribution in [1.29, 1.82) is 0 Å². The van der Waals surface area contributed by atoms with Crippen molar-refractivity contribution in [2.75, 3.05) is 0 Å². The normalized spacial score (nSPS) is 8.67. The highest BCUT2D eigenvalue weighted by molar-refractivity contribution is 5.93. The highest BCUT2D eigenvalue weighted by Gasteiger charge is 2.00. The molecule has 4 heteroatoms. The van der Waals surface area contributed by atoms with E-state index in [4.69, 9.17) is 0 Å². The predicted octanol–water partition coefficient (Wildman–Crippen LogP) is 0.460. The van der Waals surface area contributed by atoms with E-state index in [2.05, 4.69) is 22.4 Å². The Morgan fingerprint density at radius 2 is 2.17 bits per heavy atom. The number of rotatable bonds is 3. The van der Waals surface area contributed by atoms with Gasteiger partial charge in [0.15, 0.2) is 0 Å². The van der Waals surface area contributed by atoms with Gasteiger partial charge in [-0.05, 0) is 12.1 Å². The first-order valence-corrected chi connectivity index (χ1v) is 3.41. The fourth-order valence-electron chi connectivity index (χ4n) is 0.692. The van der Waals surface area contributed by atoms with Crippen LogP contribution in [0.3, 0.4) is 0 Å². The van der Waals surface area contributed by atoms with E-state index in [9.17, 15) is 4.79 Å². The second-order valence-electron chi connectivity index (χ2n) is 2.04. The van der Waals surface area contributed by atoms with E-state index in [1.807, 2.05) is 0 Å². The maximum Gasteiger partial charge on any atom is 0.269 e. The Morgan fingerprint density at radius 1 is 1.50 bits per heavy atom. The summed E-state index contributed by atoms with van der Waals surface area (Å²) in [6.07, 6.45) is 4.50. The molecule has 0 atom stereocenters. The molecular formula is C8H9N3O. The molecule has 0 aliphatic carbocycles. The lowest BCUT2D eigenvalue weighted by Crippen LogP contribution is -2.33. The molecule has 1 heterocycles. The maximum atomic E-state index is 11.2. The first kappa shape index (κ1) is 8.26. The topological polar surface area (TPSA) is 54.0 Å². The number of pyridine rings is 1. The monoisotopic (exact) mass is 163 g/mol. The fraction of sp³-hybridized carbons (Fsp3) is 0. The molecule has 0 radical (unpaired) electrons. The molecule has 1 amide bonds. The first-order chi connectivity index (χ1) is 5.84. The number of nitrogens with zero attached hydrogens (tertiary/aromatic N) is 1. The molecule has 1 rings (SSSR count). The van der Waals surface area contributed by atoms with Crippen LogP contribution in [0.5, 0.6) is 0 Å². The van der Waals surface area contributed by atoms with Crippen molar-refractivity contribution in [2.45, 2.75) is 0 Å². The van der Waals surface area contributed by atoms with Crippen molar-refractivity contribution in [3.63, 3.8) is 0 Å². The Hall–Kier alpha value is -1.84. The van der Waals surface area contributed by atoms with Gasteiger partial charge in [0.2, 0.25) is 0 Å². The average Bonchev–Trinajstić information content (AvgIpc) is 2.15. The van der Waals surface area contributed by atoms with Crippen LogP contribution in [0.25, 0.3) is 0 Å². The van der Waals surface area contributed by atoms with Gasteiger partial charge in [-0.3, -0.25) is 15.2 Å². The zero-order valence-electron chi connectivity index (χ0n) is 6.45. The summed E-state index contributed by atoms with van der Waals surface area (Å²) in [4.78, 5) is 14.9. The Labute approximate surface area is 70.3 Å². The quantitative estimate of drug-likeness (QED) is 0.636. The van der Waals surface area contributed by atoms with E-state index in [0.29, 0.717) is 5.56 Å². The van der Waals surface area contributed by atoms with E-state index in [1.54, 1.807) is 24.5 Å². The predicted molar refractivity (Wildman–Crippen MR) is 45.0 cm³/mol. The number of hydrogen-bond acceptors (Lipinski definition) is 3. The molecule has 0 aromatic carbocycles. The Kier molecular flexibility index (Phi) is 2.84. The van der Waals surface area contributed by atoms with Gasteiger partial charge in [-0.1, -0.05) is 6.58 Å². The van der Waals surface area contributed by atoms with Crippen LogP contribution in [-0.4, -0.2) is 10.9 Å². The lowest BCUT2D eigenvalue weighted by atomic mass is 10.3. The molecule has 62 valence electrons. The number of amides is 1. The molecule has 0 unspecified atom stereocenters. The van der Waals surface area contributed by atoms with Crippen molar-refractivity contribution in [1.82, 2.24) is 15.8 Å². The molecule has 0 saturated carbocycles. The Morgan fingerprint density at radius 3 is 2.75 bits per heavy atom. The van der Waals surface area contributed by atoms with Crippen molar-refractivity contribution >= 4 is 5.91 Å². The molecule has 4 nitrogen and oxygen atoms in total. The van der Waals surface area contributed by atoms with Gasteiger partial charge < -0.3 is 5.43 Å². The molecule has 1 aromatic heterocycles. The minimum Gasteiger partial charge on any atom is -0.306 e. The van der Waals surface area contributed by atoms with E-state index in [1.165, 1.54) is 6.20 Å². The summed E-state index contributed by atoms with van der Waals surface area (Å²) in [6.45, 7) is 3.39. The van der Waals surface area contributed by atoms with E-state index < -0.39 is 0 Å². The van der Waals surface area contributed by atoms with E-state index in [-0.39, 0.29) is 5.91 Å². The zero-order chi connectivity index (χ0) is 8.81. The highest BCUT2D eigenvalue weighted by Crippen LogP contribution is 1.93. The highest BCUT2D eigenvalue weighted by atomic mass is 16.2. The lowest BCUT2D eigenvalue weighted by molar-refractivity contribution is 0.0941. The van der Waals surface area contributed by atoms with Crippen molar-refractivity contribution in [2.24, 2.45) is 0 Å². The SMILES string of the molecule is C=CNNC(=O)c1ccncc1. The van der Waals surface area contributed by atoms with Crippen molar-refractivity contribution in [3.8, 4) is 0 Å². The smallest absolute Gasteiger partial charge is 0.269 e. The van der Waals surface area contributed by atoms with Gasteiger partial charge >= 0.3 is 0 Å². The summed E-state index contributed by atoms with van der Waals surface area (Å²) >= 11 is 0. The van der Waals surface area contributed by atoms with Crippen molar-refractivity contribution < 1.29 is 4.79 Å². The number of aromatic nitrogens is 1. The molecular weight excluding hydrogens is 154 g/mol. The van der Waals surface area contributed by atoms with Crippen LogP contribution >= 0.6 is 0 Å². The van der Waals surface area contributed by atoms with E-state index in [0.717, 1.165) is 0 Å². The Bertz CT molecular complexity index is 271. The van der Waals surface area contributed by atoms with Gasteiger partial charge in [-0.2, -0.15) is 0 Å². The molecule has 12 heavy (non-hydrogen) atoms. The summed E-state index contributed by atoms with van der Waals surface area (Å²) in [5.41, 5.74) is 5.46. The standard InChI is InChI=1S/C8H9N3O/c1-2-10-11-8(12)7-3-5-9-6-4-7/h2-6,10H,1H2,(H,11,12). The number of carbonyl (C=O) groups is 1. The zero-order valence-corrected chi connectivity index (χ0v) is 6.45. The minimum atomic E-state index is -0.211. The second kappa shape index (κ2) is 4.12. The van der Waals surface area contributed by atoms with Crippen LogP contribution in [0, 0.1) is 0 Å². The van der Waals surface area contributed by atoms with Crippen molar-refractivity contribution in [3.05, 3.63) is 42.9 Å². The van der Waals surface area contributed by atoms with Crippen LogP contribution in [-0.2, 0) is 0 Å². The summed E-state index contributed by atoms with van der Waals surface area (Å²) in [5, 5.41) is 0. The number of nitrogens with one attached hydrogen (secondary N) is 2. The van der Waals surface area contributed by atoms with Gasteiger partial charge in [0.1, 0.15) is 0 Å². The summed E-state index contributed by atoms with van der Waals surface area (Å²) in [5.74, 6) is -0.211. The second-order valence-corrected chi connectivity index (χ2v) is 2.04. The van der Waals surface area contributed by atoms with Gasteiger partial charge in [-0.15, -0.1) is 0 Å². The first-order valence-electron chi connectivity index (χ1n) is 3.41. The molecule has 1 aromatic rings. The van der Waals surface area contributed by atoms with Crippen LogP contribution in [0.1, 0.15) is 10.4 Å². The van der Waals surface area contributed by atoms with Gasteiger partial charge in [0.05, 0.1) is 0 Å². The summed E-state index contributed by atoms with van der Waals surface area (Å²) in [7, 11) is 0. The number of hydrazine groups is 1. The van der Waals surface area contributed by atoms with Crippen LogP contribution in [0.2, 0.25) is 0 Å². The minimum absolute atomic E-state index is 0.211. The molecule has 0 spiro atoms. The molecule has 0 fully saturated rings. The largest absolute Gasteiger partial charge is 0.306 e. The molecule has 0 bridgehead atoms. The molecule has 0 aliphatic heterocycles. The van der Waals surface area contributed by atoms with Gasteiger partial charge in [-0.25, -0.2) is 0 Å². The van der Waals surface area contributed by atoms with Gasteiger partial charge in [0.25, 0.3) is 5.91 Å². The summed E-state index contributed by atoms with van der Waals surface area (Å²) in [6, 6.07) is 3.25.